The van der Waals surface area contributed by atoms with Crippen molar-refractivity contribution in [2.24, 2.45) is 5.92 Å². The molecular formula is C12H19ClN4O. The fourth-order valence-corrected chi connectivity index (χ4v) is 2.34. The van der Waals surface area contributed by atoms with Gasteiger partial charge in [-0.2, -0.15) is 15.0 Å². The van der Waals surface area contributed by atoms with Gasteiger partial charge in [-0.15, -0.1) is 0 Å². The maximum Gasteiger partial charge on any atom is 0.322 e. The summed E-state index contributed by atoms with van der Waals surface area (Å²) < 4.78 is 5.44. The van der Waals surface area contributed by atoms with Gasteiger partial charge < -0.3 is 10.1 Å². The molecule has 18 heavy (non-hydrogen) atoms. The molecule has 0 radical (unpaired) electrons. The molecule has 1 heterocycles. The molecule has 0 aliphatic heterocycles. The molecule has 0 saturated heterocycles. The number of ether oxygens (including phenoxy) is 1. The van der Waals surface area contributed by atoms with Gasteiger partial charge in [-0.1, -0.05) is 13.3 Å². The fraction of sp³-hybridized carbons (Fsp3) is 0.750. The van der Waals surface area contributed by atoms with Crippen molar-refractivity contribution >= 4 is 17.5 Å². The van der Waals surface area contributed by atoms with E-state index in [4.69, 9.17) is 16.3 Å². The van der Waals surface area contributed by atoms with E-state index in [1.54, 1.807) is 0 Å². The van der Waals surface area contributed by atoms with Gasteiger partial charge in [-0.25, -0.2) is 0 Å². The summed E-state index contributed by atoms with van der Waals surface area (Å²) in [6.07, 6.45) is 3.64. The molecule has 1 aromatic heterocycles. The van der Waals surface area contributed by atoms with Crippen LogP contribution in [0.5, 0.6) is 6.01 Å². The summed E-state index contributed by atoms with van der Waals surface area (Å²) in [6.45, 7) is 6.08. The second kappa shape index (κ2) is 5.69. The van der Waals surface area contributed by atoms with Crippen molar-refractivity contribution in [3.63, 3.8) is 0 Å². The first kappa shape index (κ1) is 13.3. The Bertz CT molecular complexity index is 413. The van der Waals surface area contributed by atoms with Gasteiger partial charge in [0, 0.05) is 6.04 Å². The Morgan fingerprint density at radius 2 is 2.06 bits per heavy atom. The van der Waals surface area contributed by atoms with Crippen LogP contribution in [-0.4, -0.2) is 27.1 Å². The molecule has 0 spiro atoms. The summed E-state index contributed by atoms with van der Waals surface area (Å²) in [7, 11) is 0. The molecule has 0 bridgehead atoms. The van der Waals surface area contributed by atoms with E-state index in [9.17, 15) is 0 Å². The summed E-state index contributed by atoms with van der Waals surface area (Å²) in [4.78, 5) is 12.3. The number of rotatable bonds is 4. The minimum atomic E-state index is 0.0155. The zero-order valence-corrected chi connectivity index (χ0v) is 11.7. The van der Waals surface area contributed by atoms with Crippen molar-refractivity contribution < 1.29 is 4.74 Å². The van der Waals surface area contributed by atoms with Gasteiger partial charge in [0.2, 0.25) is 11.2 Å². The SMILES string of the molecule is CC(C)Oc1nc(Cl)nc(NC2CCCC2C)n1. The van der Waals surface area contributed by atoms with Gasteiger partial charge >= 0.3 is 6.01 Å². The third kappa shape index (κ3) is 3.45. The molecule has 5 nitrogen and oxygen atoms in total. The number of anilines is 1. The molecule has 2 unspecified atom stereocenters. The zero-order valence-electron chi connectivity index (χ0n) is 11.0. The van der Waals surface area contributed by atoms with Crippen LogP contribution in [0.15, 0.2) is 0 Å². The smallest absolute Gasteiger partial charge is 0.322 e. The third-order valence-electron chi connectivity index (χ3n) is 3.10. The van der Waals surface area contributed by atoms with Crippen LogP contribution in [0.4, 0.5) is 5.95 Å². The van der Waals surface area contributed by atoms with Crippen molar-refractivity contribution in [1.82, 2.24) is 15.0 Å². The van der Waals surface area contributed by atoms with E-state index in [0.29, 0.717) is 17.9 Å². The fourth-order valence-electron chi connectivity index (χ4n) is 2.19. The van der Waals surface area contributed by atoms with E-state index in [0.717, 1.165) is 6.42 Å². The van der Waals surface area contributed by atoms with E-state index < -0.39 is 0 Å². The highest BCUT2D eigenvalue weighted by Crippen LogP contribution is 2.27. The normalized spacial score (nSPS) is 23.4. The van der Waals surface area contributed by atoms with Crippen molar-refractivity contribution in [2.45, 2.75) is 52.2 Å². The molecule has 2 rings (SSSR count). The predicted molar refractivity (Wildman–Crippen MR) is 71.0 cm³/mol. The van der Waals surface area contributed by atoms with E-state index in [1.165, 1.54) is 12.8 Å². The Balaban J connectivity index is 2.09. The highest BCUT2D eigenvalue weighted by molar-refractivity contribution is 6.28. The van der Waals surface area contributed by atoms with Crippen molar-refractivity contribution in [2.75, 3.05) is 5.32 Å². The van der Waals surface area contributed by atoms with Crippen LogP contribution in [0.1, 0.15) is 40.0 Å². The average molecular weight is 271 g/mol. The van der Waals surface area contributed by atoms with Crippen LogP contribution in [-0.2, 0) is 0 Å². The van der Waals surface area contributed by atoms with Crippen LogP contribution >= 0.6 is 11.6 Å². The van der Waals surface area contributed by atoms with Crippen LogP contribution < -0.4 is 10.1 Å². The van der Waals surface area contributed by atoms with Crippen LogP contribution in [0, 0.1) is 5.92 Å². The second-order valence-electron chi connectivity index (χ2n) is 5.04. The van der Waals surface area contributed by atoms with Crippen LogP contribution in [0.25, 0.3) is 0 Å². The number of halogens is 1. The summed E-state index contributed by atoms with van der Waals surface area (Å²) in [5.74, 6) is 1.14. The lowest BCUT2D eigenvalue weighted by Crippen LogP contribution is -2.23. The number of aromatic nitrogens is 3. The number of hydrogen-bond acceptors (Lipinski definition) is 5. The lowest BCUT2D eigenvalue weighted by molar-refractivity contribution is 0.222. The second-order valence-corrected chi connectivity index (χ2v) is 5.37. The first-order valence-corrected chi connectivity index (χ1v) is 6.77. The van der Waals surface area contributed by atoms with Crippen molar-refractivity contribution in [3.8, 4) is 6.01 Å². The van der Waals surface area contributed by atoms with Gasteiger partial charge in [0.15, 0.2) is 0 Å². The topological polar surface area (TPSA) is 59.9 Å². The molecule has 1 saturated carbocycles. The molecular weight excluding hydrogens is 252 g/mol. The molecule has 1 aliphatic rings. The number of nitrogens with zero attached hydrogens (tertiary/aromatic N) is 3. The van der Waals surface area contributed by atoms with E-state index >= 15 is 0 Å². The Labute approximate surface area is 112 Å². The van der Waals surface area contributed by atoms with E-state index in [1.807, 2.05) is 13.8 Å². The zero-order chi connectivity index (χ0) is 13.1. The van der Waals surface area contributed by atoms with Gasteiger partial charge in [-0.3, -0.25) is 0 Å². The van der Waals surface area contributed by atoms with Gasteiger partial charge in [-0.05, 0) is 44.2 Å². The molecule has 100 valence electrons. The summed E-state index contributed by atoms with van der Waals surface area (Å²) in [5, 5.41) is 3.48. The molecule has 1 fully saturated rings. The van der Waals surface area contributed by atoms with Gasteiger partial charge in [0.1, 0.15) is 0 Å². The monoisotopic (exact) mass is 270 g/mol. The molecule has 1 aliphatic carbocycles. The molecule has 1 N–H and O–H groups in total. The molecule has 2 atom stereocenters. The minimum Gasteiger partial charge on any atom is -0.461 e. The highest BCUT2D eigenvalue weighted by atomic mass is 35.5. The number of nitrogens with one attached hydrogen (secondary N) is 1. The Morgan fingerprint density at radius 3 is 2.67 bits per heavy atom. The Morgan fingerprint density at radius 1 is 1.28 bits per heavy atom. The molecule has 6 heteroatoms. The van der Waals surface area contributed by atoms with Crippen LogP contribution in [0.3, 0.4) is 0 Å². The Hall–Kier alpha value is -1.10. The standard InChI is InChI=1S/C12H19ClN4O/c1-7(2)18-12-16-10(13)15-11(17-12)14-9-6-4-5-8(9)3/h7-9H,4-6H2,1-3H3,(H,14,15,16,17). The third-order valence-corrected chi connectivity index (χ3v) is 3.27. The van der Waals surface area contributed by atoms with Crippen LogP contribution in [0.2, 0.25) is 5.28 Å². The largest absolute Gasteiger partial charge is 0.461 e. The maximum absolute atomic E-state index is 5.87. The predicted octanol–water partition coefficient (Wildman–Crippen LogP) is 2.91. The first-order chi connectivity index (χ1) is 8.54. The average Bonchev–Trinajstić information content (AvgIpc) is 2.62. The summed E-state index contributed by atoms with van der Waals surface area (Å²) >= 11 is 5.87. The van der Waals surface area contributed by atoms with Gasteiger partial charge in [0.25, 0.3) is 0 Å². The Kier molecular flexibility index (Phi) is 4.22. The van der Waals surface area contributed by atoms with E-state index in [-0.39, 0.29) is 17.4 Å². The summed E-state index contributed by atoms with van der Waals surface area (Å²) in [6, 6.07) is 0.688. The van der Waals surface area contributed by atoms with Gasteiger partial charge in [0.05, 0.1) is 6.10 Å². The minimum absolute atomic E-state index is 0.0155. The molecule has 0 amide bonds. The maximum atomic E-state index is 5.87. The lowest BCUT2D eigenvalue weighted by atomic mass is 10.1. The summed E-state index contributed by atoms with van der Waals surface area (Å²) in [5.41, 5.74) is 0. The van der Waals surface area contributed by atoms with E-state index in [2.05, 4.69) is 27.2 Å². The quantitative estimate of drug-likeness (QED) is 0.912. The highest BCUT2D eigenvalue weighted by Gasteiger charge is 2.24. The molecule has 0 aromatic carbocycles. The van der Waals surface area contributed by atoms with Crippen molar-refractivity contribution in [3.05, 3.63) is 5.28 Å². The number of hydrogen-bond donors (Lipinski definition) is 1. The van der Waals surface area contributed by atoms with Crippen molar-refractivity contribution in [1.29, 1.82) is 0 Å². The molecule has 1 aromatic rings. The first-order valence-electron chi connectivity index (χ1n) is 6.39. The lowest BCUT2D eigenvalue weighted by Gasteiger charge is -2.17.